The van der Waals surface area contributed by atoms with Gasteiger partial charge in [0.25, 0.3) is 0 Å². The monoisotopic (exact) mass is 669 g/mol. The summed E-state index contributed by atoms with van der Waals surface area (Å²) >= 11 is 0. The van der Waals surface area contributed by atoms with Crippen LogP contribution in [0.5, 0.6) is 23.0 Å². The fourth-order valence-corrected chi connectivity index (χ4v) is 7.48. The lowest BCUT2D eigenvalue weighted by molar-refractivity contribution is 0.360. The first-order chi connectivity index (χ1) is 25.8. The number of nitrogens with zero attached hydrogens (tertiary/aromatic N) is 5. The zero-order valence-corrected chi connectivity index (χ0v) is 27.6. The third-order valence-corrected chi connectivity index (χ3v) is 9.83. The fraction of sp³-hybridized carbons (Fsp3) is 0. The lowest BCUT2D eigenvalue weighted by atomic mass is 10.1. The molecule has 7 heteroatoms. The number of rotatable bonds is 4. The molecule has 1 aliphatic heterocycles. The minimum Gasteiger partial charge on any atom is -0.449 e. The Morgan fingerprint density at radius 2 is 0.846 bits per heavy atom. The molecule has 1 aliphatic rings. The van der Waals surface area contributed by atoms with Gasteiger partial charge in [-0.05, 0) is 48.5 Å². The first-order valence-corrected chi connectivity index (χ1v) is 17.2. The number of hydrogen-bond donors (Lipinski definition) is 0. The second-order valence-electron chi connectivity index (χ2n) is 12.9. The van der Waals surface area contributed by atoms with Crippen LogP contribution in [0.25, 0.3) is 78.0 Å². The van der Waals surface area contributed by atoms with Gasteiger partial charge in [-0.3, -0.25) is 4.57 Å². The molecule has 0 radical (unpaired) electrons. The molecular formula is C45H27N5O2. The molecule has 244 valence electrons. The molecule has 0 bridgehead atoms. The summed E-state index contributed by atoms with van der Waals surface area (Å²) in [5, 5.41) is 4.42. The van der Waals surface area contributed by atoms with Gasteiger partial charge in [-0.15, -0.1) is 0 Å². The van der Waals surface area contributed by atoms with E-state index >= 15 is 0 Å². The molecule has 0 unspecified atom stereocenters. The van der Waals surface area contributed by atoms with Gasteiger partial charge in [0.2, 0.25) is 5.95 Å². The first-order valence-electron chi connectivity index (χ1n) is 17.2. The standard InChI is InChI=1S/C45H27N5O2/c1-3-13-28(14-4-1)43-46-44(29-15-5-2-6-16-29)48-45(47-43)50-36-20-10-8-17-31(36)33-25-30(23-24-37(33)50)49-35-19-9-7-18-32(35)34-26-41-42(27-38(34)49)52-40-22-12-11-21-39(40)51-41/h1-27H. The number of fused-ring (bicyclic) bond motifs is 8. The molecule has 0 saturated carbocycles. The van der Waals surface area contributed by atoms with E-state index in [-0.39, 0.29) is 0 Å². The molecular weight excluding hydrogens is 643 g/mol. The summed E-state index contributed by atoms with van der Waals surface area (Å²) in [4.78, 5) is 15.1. The van der Waals surface area contributed by atoms with Gasteiger partial charge in [-0.1, -0.05) is 109 Å². The van der Waals surface area contributed by atoms with Gasteiger partial charge < -0.3 is 14.0 Å². The number of aromatic nitrogens is 5. The van der Waals surface area contributed by atoms with Crippen LogP contribution in [0.4, 0.5) is 0 Å². The molecule has 0 N–H and O–H groups in total. The normalized spacial score (nSPS) is 12.2. The van der Waals surface area contributed by atoms with Crippen LogP contribution in [0.2, 0.25) is 0 Å². The predicted molar refractivity (Wildman–Crippen MR) is 206 cm³/mol. The number of hydrogen-bond acceptors (Lipinski definition) is 5. The van der Waals surface area contributed by atoms with Gasteiger partial charge in [-0.2, -0.15) is 9.97 Å². The lowest BCUT2D eigenvalue weighted by Gasteiger charge is -2.20. The molecule has 0 amide bonds. The number of benzene rings is 7. The van der Waals surface area contributed by atoms with Crippen LogP contribution in [-0.4, -0.2) is 24.1 Å². The molecule has 0 fully saturated rings. The van der Waals surface area contributed by atoms with Crippen LogP contribution in [0.1, 0.15) is 0 Å². The molecule has 0 saturated heterocycles. The highest BCUT2D eigenvalue weighted by molar-refractivity contribution is 6.12. The molecule has 3 aromatic heterocycles. The smallest absolute Gasteiger partial charge is 0.238 e. The first kappa shape index (κ1) is 28.6. The maximum absolute atomic E-state index is 6.38. The van der Waals surface area contributed by atoms with Gasteiger partial charge in [-0.25, -0.2) is 4.98 Å². The summed E-state index contributed by atoms with van der Waals surface area (Å²) in [7, 11) is 0. The van der Waals surface area contributed by atoms with Crippen molar-refractivity contribution in [3.63, 3.8) is 0 Å². The Hall–Kier alpha value is -7.25. The van der Waals surface area contributed by atoms with Crippen LogP contribution in [-0.2, 0) is 0 Å². The van der Waals surface area contributed by atoms with Crippen LogP contribution < -0.4 is 9.47 Å². The molecule has 7 aromatic carbocycles. The average Bonchev–Trinajstić information content (AvgIpc) is 3.71. The highest BCUT2D eigenvalue weighted by Crippen LogP contribution is 2.48. The molecule has 7 nitrogen and oxygen atoms in total. The SMILES string of the molecule is c1ccc(-c2nc(-c3ccccc3)nc(-n3c4ccccc4c4cc(-n5c6ccccc6c6cc7c(cc65)Oc5ccccc5O7)ccc43)n2)cc1. The van der Waals surface area contributed by atoms with E-state index in [2.05, 4.69) is 88.0 Å². The summed E-state index contributed by atoms with van der Waals surface area (Å²) in [5.74, 6) is 4.61. The van der Waals surface area contributed by atoms with E-state index in [1.165, 1.54) is 0 Å². The summed E-state index contributed by atoms with van der Waals surface area (Å²) in [6.45, 7) is 0. The third-order valence-electron chi connectivity index (χ3n) is 9.83. The van der Waals surface area contributed by atoms with Gasteiger partial charge in [0.1, 0.15) is 0 Å². The zero-order chi connectivity index (χ0) is 34.2. The zero-order valence-electron chi connectivity index (χ0n) is 27.6. The van der Waals surface area contributed by atoms with Crippen LogP contribution in [0.3, 0.4) is 0 Å². The number of ether oxygens (including phenoxy) is 2. The molecule has 0 atom stereocenters. The van der Waals surface area contributed by atoms with E-state index in [1.807, 2.05) is 84.9 Å². The van der Waals surface area contributed by atoms with E-state index in [0.717, 1.165) is 60.4 Å². The molecule has 0 spiro atoms. The van der Waals surface area contributed by atoms with Crippen molar-refractivity contribution in [2.24, 2.45) is 0 Å². The summed E-state index contributed by atoms with van der Waals surface area (Å²) in [6, 6.07) is 55.7. The highest BCUT2D eigenvalue weighted by Gasteiger charge is 2.24. The largest absolute Gasteiger partial charge is 0.449 e. The molecule has 11 rings (SSSR count). The summed E-state index contributed by atoms with van der Waals surface area (Å²) in [5.41, 5.74) is 7.03. The highest BCUT2D eigenvalue weighted by atomic mass is 16.6. The molecule has 10 aromatic rings. The minimum absolute atomic E-state index is 0.563. The molecule has 4 heterocycles. The van der Waals surface area contributed by atoms with E-state index in [1.54, 1.807) is 0 Å². The van der Waals surface area contributed by atoms with Crippen molar-refractivity contribution >= 4 is 43.6 Å². The van der Waals surface area contributed by atoms with Crippen molar-refractivity contribution < 1.29 is 9.47 Å². The second-order valence-corrected chi connectivity index (χ2v) is 12.9. The van der Waals surface area contributed by atoms with Gasteiger partial charge in [0.15, 0.2) is 34.6 Å². The Kier molecular flexibility index (Phi) is 6.12. The van der Waals surface area contributed by atoms with Crippen molar-refractivity contribution in [1.82, 2.24) is 24.1 Å². The van der Waals surface area contributed by atoms with Gasteiger partial charge in [0, 0.05) is 44.4 Å². The minimum atomic E-state index is 0.563. The van der Waals surface area contributed by atoms with Crippen molar-refractivity contribution in [3.05, 3.63) is 164 Å². The van der Waals surface area contributed by atoms with Gasteiger partial charge in [0.05, 0.1) is 22.1 Å². The lowest BCUT2D eigenvalue weighted by Crippen LogP contribution is -2.06. The Morgan fingerprint density at radius 3 is 1.48 bits per heavy atom. The van der Waals surface area contributed by atoms with Crippen LogP contribution in [0, 0.1) is 0 Å². The Balaban J connectivity index is 1.14. The molecule has 52 heavy (non-hydrogen) atoms. The van der Waals surface area contributed by atoms with Crippen molar-refractivity contribution in [3.8, 4) is 57.4 Å². The van der Waals surface area contributed by atoms with Gasteiger partial charge >= 0.3 is 0 Å². The van der Waals surface area contributed by atoms with E-state index in [0.29, 0.717) is 40.6 Å². The van der Waals surface area contributed by atoms with E-state index in [4.69, 9.17) is 24.4 Å². The predicted octanol–water partition coefficient (Wildman–Crippen LogP) is 11.3. The van der Waals surface area contributed by atoms with Crippen molar-refractivity contribution in [2.45, 2.75) is 0 Å². The van der Waals surface area contributed by atoms with Crippen LogP contribution >= 0.6 is 0 Å². The average molecular weight is 670 g/mol. The fourth-order valence-electron chi connectivity index (χ4n) is 7.48. The third kappa shape index (κ3) is 4.36. The maximum atomic E-state index is 6.38. The Labute approximate surface area is 297 Å². The van der Waals surface area contributed by atoms with E-state index in [9.17, 15) is 0 Å². The quantitative estimate of drug-likeness (QED) is 0.187. The van der Waals surface area contributed by atoms with Crippen LogP contribution in [0.15, 0.2) is 164 Å². The Morgan fingerprint density at radius 1 is 0.346 bits per heavy atom. The second kappa shape index (κ2) is 11.1. The van der Waals surface area contributed by atoms with E-state index < -0.39 is 0 Å². The number of para-hydroxylation sites is 4. The topological polar surface area (TPSA) is 67.0 Å². The van der Waals surface area contributed by atoms with Crippen molar-refractivity contribution in [1.29, 1.82) is 0 Å². The Bertz CT molecular complexity index is 2960. The summed E-state index contributed by atoms with van der Waals surface area (Å²) < 4.78 is 17.2. The summed E-state index contributed by atoms with van der Waals surface area (Å²) in [6.07, 6.45) is 0. The maximum Gasteiger partial charge on any atom is 0.238 e. The van der Waals surface area contributed by atoms with Crippen molar-refractivity contribution in [2.75, 3.05) is 0 Å². The molecule has 0 aliphatic carbocycles.